The maximum Gasteiger partial charge on any atom is 3.00 e. The van der Waals surface area contributed by atoms with E-state index < -0.39 is 10.1 Å². The van der Waals surface area contributed by atoms with E-state index >= 15 is 0 Å². The van der Waals surface area contributed by atoms with E-state index in [9.17, 15) is 8.42 Å². The molecule has 0 aromatic rings. The van der Waals surface area contributed by atoms with Crippen molar-refractivity contribution in [3.05, 3.63) is 0 Å². The van der Waals surface area contributed by atoms with Crippen LogP contribution in [0, 0.1) is 40.4 Å². The number of hydrogen-bond acceptors (Lipinski definition) is 2. The average Bonchev–Trinajstić information content (AvgIpc) is 0.722. The predicted octanol–water partition coefficient (Wildman–Crippen LogP) is -9.48. The van der Waals surface area contributed by atoms with Gasteiger partial charge in [0, 0.05) is 0 Å². The maximum atomic E-state index is 9.19. The fraction of sp³-hybridized carbons (Fsp3) is 1.00. The molecule has 0 aromatic heterocycles. The summed E-state index contributed by atoms with van der Waals surface area (Å²) in [6.07, 6.45) is 0.715. The van der Waals surface area contributed by atoms with Gasteiger partial charge in [0.25, 0.3) is 10.1 Å². The minimum atomic E-state index is -3.67. The minimum Gasteiger partial charge on any atom is -1.00 e. The molecular formula is CH4F3O3SSm. The summed E-state index contributed by atoms with van der Waals surface area (Å²) >= 11 is 0. The fourth-order valence-corrected chi connectivity index (χ4v) is 0. The largest absolute Gasteiger partial charge is 3.00 e. The molecule has 0 saturated carbocycles. The summed E-state index contributed by atoms with van der Waals surface area (Å²) < 4.78 is 25.9. The summed E-state index contributed by atoms with van der Waals surface area (Å²) in [4.78, 5) is 0. The van der Waals surface area contributed by atoms with Gasteiger partial charge in [-0.3, -0.25) is 4.55 Å². The molecule has 0 atom stereocenters. The van der Waals surface area contributed by atoms with Crippen molar-refractivity contribution in [3.63, 3.8) is 0 Å². The van der Waals surface area contributed by atoms with Crippen molar-refractivity contribution >= 4 is 10.1 Å². The Morgan fingerprint density at radius 3 is 1.11 bits per heavy atom. The van der Waals surface area contributed by atoms with E-state index in [0.29, 0.717) is 6.26 Å². The Morgan fingerprint density at radius 2 is 1.11 bits per heavy atom. The van der Waals surface area contributed by atoms with Crippen LogP contribution in [-0.2, 0) is 10.1 Å². The molecule has 9 heavy (non-hydrogen) atoms. The van der Waals surface area contributed by atoms with Crippen LogP contribution in [0.2, 0.25) is 0 Å². The van der Waals surface area contributed by atoms with Gasteiger partial charge in [-0.1, -0.05) is 0 Å². The summed E-state index contributed by atoms with van der Waals surface area (Å²) in [5.74, 6) is 0. The van der Waals surface area contributed by atoms with Gasteiger partial charge in [-0.25, -0.2) is 0 Å². The Balaban J connectivity index is -0.0000000133. The molecule has 0 saturated heterocycles. The van der Waals surface area contributed by atoms with Crippen LogP contribution in [0.15, 0.2) is 0 Å². The second kappa shape index (κ2) is 11.8. The first kappa shape index (κ1) is 32.3. The molecule has 0 aromatic carbocycles. The van der Waals surface area contributed by atoms with Crippen molar-refractivity contribution in [2.24, 2.45) is 0 Å². The Kier molecular flexibility index (Phi) is 42.3. The predicted molar refractivity (Wildman–Crippen MR) is 17.5 cm³/mol. The van der Waals surface area contributed by atoms with E-state index in [0.717, 1.165) is 0 Å². The number of halogens is 3. The standard InChI is InChI=1S/CH4O3S.3FH.Sm/c1-5(2,3)4;;;;/h1H3,(H,2,3,4);3*1H;/q;;;;+3/p-3. The maximum absolute atomic E-state index is 9.19. The SMILES string of the molecule is CS(=O)(=O)O.[F-].[F-].[F-].[Sm+3]. The molecule has 59 valence electrons. The molecule has 0 rings (SSSR count). The van der Waals surface area contributed by atoms with Crippen LogP contribution in [0.4, 0.5) is 0 Å². The summed E-state index contributed by atoms with van der Waals surface area (Å²) in [6, 6.07) is 0. The van der Waals surface area contributed by atoms with E-state index in [1.54, 1.807) is 0 Å². The summed E-state index contributed by atoms with van der Waals surface area (Å²) in [5.41, 5.74) is 0. The third-order valence-electron chi connectivity index (χ3n) is 0. The molecule has 0 unspecified atom stereocenters. The molecule has 0 heterocycles. The van der Waals surface area contributed by atoms with Crippen LogP contribution in [0.5, 0.6) is 0 Å². The van der Waals surface area contributed by atoms with Gasteiger partial charge in [-0.15, -0.1) is 0 Å². The van der Waals surface area contributed by atoms with Crippen LogP contribution in [0.25, 0.3) is 0 Å². The van der Waals surface area contributed by atoms with Crippen molar-refractivity contribution in [1.82, 2.24) is 0 Å². The van der Waals surface area contributed by atoms with Gasteiger partial charge in [0.15, 0.2) is 0 Å². The van der Waals surface area contributed by atoms with Crippen LogP contribution in [0.3, 0.4) is 0 Å². The van der Waals surface area contributed by atoms with Crippen molar-refractivity contribution in [3.8, 4) is 0 Å². The molecule has 0 fully saturated rings. The number of rotatable bonds is 0. The normalized spacial score (nSPS) is 6.44. The van der Waals surface area contributed by atoms with E-state index in [-0.39, 0.29) is 54.5 Å². The summed E-state index contributed by atoms with van der Waals surface area (Å²) in [6.45, 7) is 0. The molecule has 1 radical (unpaired) electrons. The fourth-order valence-electron chi connectivity index (χ4n) is 0. The zero-order valence-corrected chi connectivity index (χ0v) is 7.65. The molecule has 0 amide bonds. The molecule has 0 bridgehead atoms. The molecular weight excluding hydrogens is 299 g/mol. The van der Waals surface area contributed by atoms with Crippen LogP contribution < -0.4 is 14.1 Å². The first-order valence-electron chi connectivity index (χ1n) is 0.924. The molecule has 0 aliphatic carbocycles. The smallest absolute Gasteiger partial charge is 1.00 e. The summed E-state index contributed by atoms with van der Waals surface area (Å²) in [7, 11) is -3.67. The Bertz CT molecular complexity index is 102. The van der Waals surface area contributed by atoms with Crippen LogP contribution in [-0.4, -0.2) is 19.2 Å². The van der Waals surface area contributed by atoms with Crippen LogP contribution >= 0.6 is 0 Å². The van der Waals surface area contributed by atoms with E-state index in [2.05, 4.69) is 0 Å². The van der Waals surface area contributed by atoms with Gasteiger partial charge in [0.2, 0.25) is 0 Å². The molecule has 0 aliphatic rings. The van der Waals surface area contributed by atoms with Gasteiger partial charge >= 0.3 is 40.4 Å². The second-order valence-electron chi connectivity index (χ2n) is 0.733. The van der Waals surface area contributed by atoms with Crippen molar-refractivity contribution < 1.29 is 67.5 Å². The third-order valence-corrected chi connectivity index (χ3v) is 0. The Labute approximate surface area is 83.2 Å². The topological polar surface area (TPSA) is 54.4 Å². The zero-order valence-electron chi connectivity index (χ0n) is 4.21. The first-order chi connectivity index (χ1) is 2.00. The monoisotopic (exact) mass is 305 g/mol. The van der Waals surface area contributed by atoms with Crippen molar-refractivity contribution in [2.75, 3.05) is 6.26 Å². The van der Waals surface area contributed by atoms with Crippen molar-refractivity contribution in [2.45, 2.75) is 0 Å². The molecule has 0 aliphatic heterocycles. The van der Waals surface area contributed by atoms with E-state index in [1.165, 1.54) is 0 Å². The van der Waals surface area contributed by atoms with E-state index in [1.807, 2.05) is 0 Å². The van der Waals surface area contributed by atoms with Crippen molar-refractivity contribution in [1.29, 1.82) is 0 Å². The molecule has 3 nitrogen and oxygen atoms in total. The number of hydrogen-bond donors (Lipinski definition) is 1. The Hall–Kier alpha value is 1.04. The zero-order chi connectivity index (χ0) is 4.50. The first-order valence-corrected chi connectivity index (χ1v) is 2.77. The molecule has 0 spiro atoms. The molecule has 8 heteroatoms. The van der Waals surface area contributed by atoms with Gasteiger partial charge < -0.3 is 14.1 Å². The van der Waals surface area contributed by atoms with E-state index in [4.69, 9.17) is 4.55 Å². The van der Waals surface area contributed by atoms with Gasteiger partial charge in [0.05, 0.1) is 6.26 Å². The van der Waals surface area contributed by atoms with Gasteiger partial charge in [-0.05, 0) is 0 Å². The molecule has 1 N–H and O–H groups in total. The van der Waals surface area contributed by atoms with Crippen LogP contribution in [0.1, 0.15) is 0 Å². The van der Waals surface area contributed by atoms with Gasteiger partial charge in [0.1, 0.15) is 0 Å². The summed E-state index contributed by atoms with van der Waals surface area (Å²) in [5, 5.41) is 0. The Morgan fingerprint density at radius 1 is 1.11 bits per heavy atom. The second-order valence-corrected chi connectivity index (χ2v) is 2.20. The minimum absolute atomic E-state index is 0. The quantitative estimate of drug-likeness (QED) is 0.452. The average molecular weight is 303 g/mol. The third kappa shape index (κ3) is 416. The van der Waals surface area contributed by atoms with Gasteiger partial charge in [-0.2, -0.15) is 8.42 Å².